The van der Waals surface area contributed by atoms with Crippen molar-refractivity contribution in [2.45, 2.75) is 20.4 Å². The van der Waals surface area contributed by atoms with Gasteiger partial charge in [-0.25, -0.2) is 0 Å². The van der Waals surface area contributed by atoms with Crippen LogP contribution < -0.4 is 5.56 Å². The Labute approximate surface area is 110 Å². The Morgan fingerprint density at radius 3 is 2.84 bits per heavy atom. The zero-order valence-electron chi connectivity index (χ0n) is 10.7. The predicted molar refractivity (Wildman–Crippen MR) is 73.1 cm³/mol. The molecule has 0 bridgehead atoms. The number of aromatic nitrogens is 1. The van der Waals surface area contributed by atoms with Crippen molar-refractivity contribution in [3.63, 3.8) is 0 Å². The average molecular weight is 255 g/mol. The van der Waals surface area contributed by atoms with Crippen molar-refractivity contribution in [3.05, 3.63) is 44.9 Å². The summed E-state index contributed by atoms with van der Waals surface area (Å²) in [6.07, 6.45) is 6.86. The first-order chi connectivity index (χ1) is 9.10. The van der Waals surface area contributed by atoms with Crippen LogP contribution in [0.15, 0.2) is 27.6 Å². The van der Waals surface area contributed by atoms with Crippen LogP contribution in [-0.4, -0.2) is 15.9 Å². The fraction of sp³-hybridized carbons (Fsp3) is 0.214. The van der Waals surface area contributed by atoms with Crippen LogP contribution in [0, 0.1) is 18.3 Å². The second-order valence-corrected chi connectivity index (χ2v) is 4.10. The number of hydrogen-bond acceptors (Lipinski definition) is 4. The van der Waals surface area contributed by atoms with E-state index in [9.17, 15) is 9.90 Å². The second-order valence-electron chi connectivity index (χ2n) is 4.10. The third kappa shape index (κ3) is 2.08. The molecule has 0 radical (unpaired) electrons. The number of hydrogen-bond donors (Lipinski definition) is 1. The highest BCUT2D eigenvalue weighted by Gasteiger charge is 2.17. The molecular formula is C14H13N3O2. The lowest BCUT2D eigenvalue weighted by molar-refractivity contribution is 0.409. The molecule has 0 atom stereocenters. The fourth-order valence-corrected chi connectivity index (χ4v) is 1.98. The molecule has 0 saturated heterocycles. The predicted octanol–water partition coefficient (Wildman–Crippen LogP) is 1.74. The Balaban J connectivity index is 2.78. The van der Waals surface area contributed by atoms with Crippen molar-refractivity contribution < 1.29 is 5.11 Å². The average Bonchev–Trinajstić information content (AvgIpc) is 2.88. The molecule has 2 heterocycles. The van der Waals surface area contributed by atoms with Crippen LogP contribution in [0.1, 0.15) is 23.6 Å². The summed E-state index contributed by atoms with van der Waals surface area (Å²) in [6.45, 7) is 3.69. The van der Waals surface area contributed by atoms with Gasteiger partial charge in [0.25, 0.3) is 5.56 Å². The van der Waals surface area contributed by atoms with Crippen LogP contribution >= 0.6 is 0 Å². The summed E-state index contributed by atoms with van der Waals surface area (Å²) in [4.78, 5) is 16.1. The molecule has 1 aliphatic heterocycles. The van der Waals surface area contributed by atoms with Crippen molar-refractivity contribution in [1.29, 1.82) is 5.26 Å². The summed E-state index contributed by atoms with van der Waals surface area (Å²) in [5.41, 5.74) is 1.18. The number of allylic oxidation sites excluding steroid dienone is 2. The van der Waals surface area contributed by atoms with Crippen molar-refractivity contribution in [1.82, 2.24) is 4.57 Å². The Morgan fingerprint density at radius 2 is 2.32 bits per heavy atom. The molecular weight excluding hydrogens is 242 g/mol. The molecule has 0 saturated carbocycles. The molecule has 1 aromatic heterocycles. The number of pyridine rings is 1. The summed E-state index contributed by atoms with van der Waals surface area (Å²) in [7, 11) is 0. The van der Waals surface area contributed by atoms with Gasteiger partial charge in [-0.05, 0) is 37.6 Å². The summed E-state index contributed by atoms with van der Waals surface area (Å²) in [5, 5.41) is 19.2. The van der Waals surface area contributed by atoms with Crippen LogP contribution in [0.5, 0.6) is 5.88 Å². The van der Waals surface area contributed by atoms with Gasteiger partial charge < -0.3 is 5.11 Å². The van der Waals surface area contributed by atoms with Gasteiger partial charge >= 0.3 is 0 Å². The Kier molecular flexibility index (Phi) is 3.34. The van der Waals surface area contributed by atoms with Crippen molar-refractivity contribution in [2.24, 2.45) is 4.99 Å². The smallest absolute Gasteiger partial charge is 0.271 e. The van der Waals surface area contributed by atoms with E-state index in [0.717, 1.165) is 0 Å². The van der Waals surface area contributed by atoms with E-state index in [4.69, 9.17) is 5.26 Å². The SMILES string of the molecule is CCn1c(O)c(C=C2C=CC=N2)c(C)c(C#N)c1=O. The molecule has 5 heteroatoms. The summed E-state index contributed by atoms with van der Waals surface area (Å²) in [6, 6.07) is 1.90. The van der Waals surface area contributed by atoms with Gasteiger partial charge in [-0.15, -0.1) is 0 Å². The number of rotatable bonds is 2. The highest BCUT2D eigenvalue weighted by molar-refractivity contribution is 5.80. The van der Waals surface area contributed by atoms with E-state index in [1.165, 1.54) is 4.57 Å². The third-order valence-corrected chi connectivity index (χ3v) is 3.03. The molecule has 0 amide bonds. The normalized spacial score (nSPS) is 15.1. The number of aromatic hydroxyl groups is 1. The monoisotopic (exact) mass is 255 g/mol. The fourth-order valence-electron chi connectivity index (χ4n) is 1.98. The van der Waals surface area contributed by atoms with E-state index in [0.29, 0.717) is 23.4 Å². The molecule has 2 rings (SSSR count). The molecule has 0 fully saturated rings. The molecule has 0 unspecified atom stereocenters. The summed E-state index contributed by atoms with van der Waals surface area (Å²) >= 11 is 0. The molecule has 19 heavy (non-hydrogen) atoms. The first-order valence-electron chi connectivity index (χ1n) is 5.89. The molecule has 0 aromatic carbocycles. The lowest BCUT2D eigenvalue weighted by atomic mass is 10.0. The van der Waals surface area contributed by atoms with Gasteiger partial charge in [0, 0.05) is 18.3 Å². The molecule has 1 N–H and O–H groups in total. The van der Waals surface area contributed by atoms with E-state index in [2.05, 4.69) is 4.99 Å². The maximum absolute atomic E-state index is 12.0. The molecule has 5 nitrogen and oxygen atoms in total. The molecule has 1 aromatic rings. The lowest BCUT2D eigenvalue weighted by Gasteiger charge is -2.12. The standard InChI is InChI=1S/C14H13N3O2/c1-3-17-13(18)11(7-10-5-4-6-16-10)9(2)12(8-15)14(17)19/h4-7,18H,3H2,1-2H3. The Hall–Kier alpha value is -2.61. The highest BCUT2D eigenvalue weighted by Crippen LogP contribution is 2.25. The van der Waals surface area contributed by atoms with Gasteiger partial charge in [-0.1, -0.05) is 0 Å². The minimum atomic E-state index is -0.465. The van der Waals surface area contributed by atoms with E-state index >= 15 is 0 Å². The molecule has 96 valence electrons. The van der Waals surface area contributed by atoms with Crippen LogP contribution in [-0.2, 0) is 6.54 Å². The van der Waals surface area contributed by atoms with Crippen molar-refractivity contribution in [3.8, 4) is 11.9 Å². The van der Waals surface area contributed by atoms with Crippen molar-refractivity contribution >= 4 is 12.3 Å². The zero-order chi connectivity index (χ0) is 14.0. The Bertz CT molecular complexity index is 702. The molecule has 0 spiro atoms. The number of nitrogens with zero attached hydrogens (tertiary/aromatic N) is 3. The summed E-state index contributed by atoms with van der Waals surface area (Å²) in [5.74, 6) is -0.132. The second kappa shape index (κ2) is 4.94. The third-order valence-electron chi connectivity index (χ3n) is 3.03. The van der Waals surface area contributed by atoms with Gasteiger partial charge in [-0.2, -0.15) is 5.26 Å². The summed E-state index contributed by atoms with van der Waals surface area (Å²) < 4.78 is 1.18. The van der Waals surface area contributed by atoms with Gasteiger partial charge in [0.05, 0.1) is 5.70 Å². The largest absolute Gasteiger partial charge is 0.494 e. The number of aliphatic imine (C=N–C) groups is 1. The topological polar surface area (TPSA) is 78.4 Å². The number of nitriles is 1. The van der Waals surface area contributed by atoms with E-state index in [-0.39, 0.29) is 11.4 Å². The highest BCUT2D eigenvalue weighted by atomic mass is 16.3. The minimum absolute atomic E-state index is 0.0532. The lowest BCUT2D eigenvalue weighted by Crippen LogP contribution is -2.24. The first kappa shape index (κ1) is 12.8. The van der Waals surface area contributed by atoms with Crippen LogP contribution in [0.3, 0.4) is 0 Å². The quantitative estimate of drug-likeness (QED) is 0.874. The van der Waals surface area contributed by atoms with E-state index < -0.39 is 5.56 Å². The van der Waals surface area contributed by atoms with E-state index in [1.54, 1.807) is 38.3 Å². The molecule has 0 aliphatic carbocycles. The van der Waals surface area contributed by atoms with Gasteiger partial charge in [-0.3, -0.25) is 14.4 Å². The van der Waals surface area contributed by atoms with Crippen LogP contribution in [0.2, 0.25) is 0 Å². The maximum atomic E-state index is 12.0. The van der Waals surface area contributed by atoms with Gasteiger partial charge in [0.15, 0.2) is 0 Å². The Morgan fingerprint density at radius 1 is 1.58 bits per heavy atom. The van der Waals surface area contributed by atoms with Gasteiger partial charge in [0.2, 0.25) is 5.88 Å². The van der Waals surface area contributed by atoms with Crippen LogP contribution in [0.25, 0.3) is 6.08 Å². The zero-order valence-corrected chi connectivity index (χ0v) is 10.7. The maximum Gasteiger partial charge on any atom is 0.271 e. The van der Waals surface area contributed by atoms with Gasteiger partial charge in [0.1, 0.15) is 11.6 Å². The molecule has 1 aliphatic rings. The van der Waals surface area contributed by atoms with Crippen LogP contribution in [0.4, 0.5) is 0 Å². The first-order valence-corrected chi connectivity index (χ1v) is 5.89. The van der Waals surface area contributed by atoms with Crippen molar-refractivity contribution in [2.75, 3.05) is 0 Å². The van der Waals surface area contributed by atoms with E-state index in [1.807, 2.05) is 6.07 Å². The minimum Gasteiger partial charge on any atom is -0.494 e.